The maximum absolute atomic E-state index is 6.01. The number of hydrogen-bond acceptors (Lipinski definition) is 3. The third-order valence-corrected chi connectivity index (χ3v) is 4.98. The number of para-hydroxylation sites is 1. The average molecular weight is 236 g/mol. The van der Waals surface area contributed by atoms with Gasteiger partial charge < -0.3 is 10.6 Å². The summed E-state index contributed by atoms with van der Waals surface area (Å²) in [6.45, 7) is 3.02. The van der Waals surface area contributed by atoms with Gasteiger partial charge in [-0.05, 0) is 18.6 Å². The SMILES string of the molecule is CC1CC(CN)(N(C)c2ccccc2)CS1. The summed E-state index contributed by atoms with van der Waals surface area (Å²) >= 11 is 2.03. The topological polar surface area (TPSA) is 29.3 Å². The van der Waals surface area contributed by atoms with Crippen molar-refractivity contribution in [3.8, 4) is 0 Å². The Balaban J connectivity index is 2.22. The molecule has 0 spiro atoms. The molecule has 0 bridgehead atoms. The molecule has 1 aromatic rings. The van der Waals surface area contributed by atoms with E-state index >= 15 is 0 Å². The lowest BCUT2D eigenvalue weighted by atomic mass is 9.94. The predicted molar refractivity (Wildman–Crippen MR) is 73.2 cm³/mol. The summed E-state index contributed by atoms with van der Waals surface area (Å²) < 4.78 is 0. The molecule has 0 aliphatic carbocycles. The minimum absolute atomic E-state index is 0.144. The van der Waals surface area contributed by atoms with Gasteiger partial charge in [-0.2, -0.15) is 11.8 Å². The van der Waals surface area contributed by atoms with Crippen molar-refractivity contribution >= 4 is 17.4 Å². The van der Waals surface area contributed by atoms with Crippen LogP contribution in [0.2, 0.25) is 0 Å². The first-order chi connectivity index (χ1) is 7.68. The van der Waals surface area contributed by atoms with Gasteiger partial charge >= 0.3 is 0 Å². The molecule has 3 heteroatoms. The van der Waals surface area contributed by atoms with Crippen LogP contribution < -0.4 is 10.6 Å². The molecule has 2 atom stereocenters. The van der Waals surface area contributed by atoms with E-state index in [1.54, 1.807) is 0 Å². The van der Waals surface area contributed by atoms with E-state index < -0.39 is 0 Å². The lowest BCUT2D eigenvalue weighted by Gasteiger charge is -2.39. The Morgan fingerprint density at radius 3 is 2.62 bits per heavy atom. The zero-order valence-electron chi connectivity index (χ0n) is 10.0. The van der Waals surface area contributed by atoms with Crippen LogP contribution in [0, 0.1) is 0 Å². The largest absolute Gasteiger partial charge is 0.367 e. The number of benzene rings is 1. The molecule has 2 rings (SSSR count). The fourth-order valence-electron chi connectivity index (χ4n) is 2.39. The number of likely N-dealkylation sites (N-methyl/N-ethyl adjacent to an activating group) is 1. The molecule has 1 aromatic carbocycles. The second-order valence-electron chi connectivity index (χ2n) is 4.65. The Morgan fingerprint density at radius 1 is 1.44 bits per heavy atom. The highest BCUT2D eigenvalue weighted by Gasteiger charge is 2.40. The Morgan fingerprint density at radius 2 is 2.12 bits per heavy atom. The van der Waals surface area contributed by atoms with Crippen molar-refractivity contribution in [3.05, 3.63) is 30.3 Å². The quantitative estimate of drug-likeness (QED) is 0.873. The summed E-state index contributed by atoms with van der Waals surface area (Å²) in [5.41, 5.74) is 7.42. The van der Waals surface area contributed by atoms with Crippen LogP contribution in [0.3, 0.4) is 0 Å². The number of nitrogens with two attached hydrogens (primary N) is 1. The summed E-state index contributed by atoms with van der Waals surface area (Å²) in [5.74, 6) is 1.13. The second kappa shape index (κ2) is 4.68. The van der Waals surface area contributed by atoms with Crippen molar-refractivity contribution in [1.29, 1.82) is 0 Å². The van der Waals surface area contributed by atoms with Gasteiger partial charge in [0.2, 0.25) is 0 Å². The molecule has 1 aliphatic heterocycles. The molecule has 0 saturated carbocycles. The number of anilines is 1. The normalized spacial score (nSPS) is 29.3. The van der Waals surface area contributed by atoms with Crippen LogP contribution in [-0.4, -0.2) is 30.1 Å². The summed E-state index contributed by atoms with van der Waals surface area (Å²) in [6, 6.07) is 10.5. The van der Waals surface area contributed by atoms with Crippen molar-refractivity contribution in [2.24, 2.45) is 5.73 Å². The molecule has 0 radical (unpaired) electrons. The third-order valence-electron chi connectivity index (χ3n) is 3.54. The van der Waals surface area contributed by atoms with Crippen molar-refractivity contribution in [2.75, 3.05) is 24.2 Å². The Hall–Kier alpha value is -0.670. The smallest absolute Gasteiger partial charge is 0.0621 e. The van der Waals surface area contributed by atoms with Crippen LogP contribution in [-0.2, 0) is 0 Å². The number of hydrogen-bond donors (Lipinski definition) is 1. The number of rotatable bonds is 3. The Labute approximate surface area is 102 Å². The van der Waals surface area contributed by atoms with Gasteiger partial charge in [-0.15, -0.1) is 0 Å². The fraction of sp³-hybridized carbons (Fsp3) is 0.538. The van der Waals surface area contributed by atoms with Gasteiger partial charge in [0.15, 0.2) is 0 Å². The van der Waals surface area contributed by atoms with E-state index in [9.17, 15) is 0 Å². The molecule has 1 fully saturated rings. The van der Waals surface area contributed by atoms with Crippen LogP contribution in [0.1, 0.15) is 13.3 Å². The maximum atomic E-state index is 6.01. The van der Waals surface area contributed by atoms with Crippen molar-refractivity contribution < 1.29 is 0 Å². The van der Waals surface area contributed by atoms with Crippen LogP contribution in [0.5, 0.6) is 0 Å². The lowest BCUT2D eigenvalue weighted by molar-refractivity contribution is 0.446. The molecule has 2 N–H and O–H groups in total. The summed E-state index contributed by atoms with van der Waals surface area (Å²) in [6.07, 6.45) is 1.18. The second-order valence-corrected chi connectivity index (χ2v) is 6.08. The molecular formula is C13H20N2S. The van der Waals surface area contributed by atoms with E-state index in [-0.39, 0.29) is 5.54 Å². The predicted octanol–water partition coefficient (Wildman–Crippen LogP) is 2.35. The van der Waals surface area contributed by atoms with Gasteiger partial charge in [-0.1, -0.05) is 25.1 Å². The average Bonchev–Trinajstić information content (AvgIpc) is 2.72. The van der Waals surface area contributed by atoms with Gasteiger partial charge in [-0.25, -0.2) is 0 Å². The zero-order valence-corrected chi connectivity index (χ0v) is 10.8. The van der Waals surface area contributed by atoms with E-state index in [2.05, 4.69) is 49.2 Å². The van der Waals surface area contributed by atoms with Crippen LogP contribution in [0.15, 0.2) is 30.3 Å². The lowest BCUT2D eigenvalue weighted by Crippen LogP contribution is -2.53. The van der Waals surface area contributed by atoms with E-state index in [1.807, 2.05) is 11.8 Å². The molecule has 16 heavy (non-hydrogen) atoms. The molecule has 0 aromatic heterocycles. The minimum atomic E-state index is 0.144. The van der Waals surface area contributed by atoms with Gasteiger partial charge in [0.25, 0.3) is 0 Å². The summed E-state index contributed by atoms with van der Waals surface area (Å²) in [7, 11) is 2.17. The number of thioether (sulfide) groups is 1. The molecule has 1 heterocycles. The maximum Gasteiger partial charge on any atom is 0.0621 e. The first-order valence-corrected chi connectivity index (χ1v) is 6.83. The van der Waals surface area contributed by atoms with E-state index in [4.69, 9.17) is 5.73 Å². The Kier molecular flexibility index (Phi) is 3.45. The van der Waals surface area contributed by atoms with Crippen molar-refractivity contribution in [1.82, 2.24) is 0 Å². The van der Waals surface area contributed by atoms with Gasteiger partial charge in [-0.3, -0.25) is 0 Å². The molecule has 2 nitrogen and oxygen atoms in total. The minimum Gasteiger partial charge on any atom is -0.367 e. The fourth-order valence-corrected chi connectivity index (χ4v) is 3.84. The van der Waals surface area contributed by atoms with Gasteiger partial charge in [0, 0.05) is 30.3 Å². The van der Waals surface area contributed by atoms with Gasteiger partial charge in [0.05, 0.1) is 5.54 Å². The molecule has 1 saturated heterocycles. The molecule has 1 aliphatic rings. The molecule has 88 valence electrons. The monoisotopic (exact) mass is 236 g/mol. The summed E-state index contributed by atoms with van der Waals surface area (Å²) in [4.78, 5) is 2.36. The molecule has 0 amide bonds. The van der Waals surface area contributed by atoms with E-state index in [1.165, 1.54) is 12.1 Å². The third kappa shape index (κ3) is 2.06. The standard InChI is InChI=1S/C13H20N2S/c1-11-8-13(9-14,10-16-11)15(2)12-6-4-3-5-7-12/h3-7,11H,8-10,14H2,1-2H3. The zero-order chi connectivity index (χ0) is 11.6. The first kappa shape index (κ1) is 11.8. The molecule has 2 unspecified atom stereocenters. The Bertz CT molecular complexity index is 341. The van der Waals surface area contributed by atoms with Crippen LogP contribution in [0.4, 0.5) is 5.69 Å². The first-order valence-electron chi connectivity index (χ1n) is 5.78. The van der Waals surface area contributed by atoms with Crippen LogP contribution in [0.25, 0.3) is 0 Å². The van der Waals surface area contributed by atoms with Crippen molar-refractivity contribution in [2.45, 2.75) is 24.1 Å². The number of nitrogens with zero attached hydrogens (tertiary/aromatic N) is 1. The van der Waals surface area contributed by atoms with Crippen LogP contribution >= 0.6 is 11.8 Å². The highest BCUT2D eigenvalue weighted by Crippen LogP contribution is 2.39. The van der Waals surface area contributed by atoms with E-state index in [0.29, 0.717) is 0 Å². The highest BCUT2D eigenvalue weighted by atomic mass is 32.2. The highest BCUT2D eigenvalue weighted by molar-refractivity contribution is 8.00. The van der Waals surface area contributed by atoms with Gasteiger partial charge in [0.1, 0.15) is 0 Å². The summed E-state index contributed by atoms with van der Waals surface area (Å²) in [5, 5.41) is 0.717. The van der Waals surface area contributed by atoms with Crippen molar-refractivity contribution in [3.63, 3.8) is 0 Å². The van der Waals surface area contributed by atoms with E-state index in [0.717, 1.165) is 17.5 Å². The molecular weight excluding hydrogens is 216 g/mol.